The van der Waals surface area contributed by atoms with Gasteiger partial charge in [0.15, 0.2) is 5.13 Å². The van der Waals surface area contributed by atoms with Gasteiger partial charge in [0.25, 0.3) is 5.91 Å². The van der Waals surface area contributed by atoms with E-state index < -0.39 is 0 Å². The zero-order valence-corrected chi connectivity index (χ0v) is 12.5. The van der Waals surface area contributed by atoms with Gasteiger partial charge in [-0.15, -0.1) is 0 Å². The summed E-state index contributed by atoms with van der Waals surface area (Å²) in [6.07, 6.45) is 4.97. The third-order valence-electron chi connectivity index (χ3n) is 2.85. The molecule has 0 radical (unpaired) electrons. The summed E-state index contributed by atoms with van der Waals surface area (Å²) in [4.78, 5) is 25.6. The summed E-state index contributed by atoms with van der Waals surface area (Å²) in [6, 6.07) is 8.97. The van der Waals surface area contributed by atoms with Crippen molar-refractivity contribution in [3.05, 3.63) is 54.5 Å². The molecule has 0 saturated carbocycles. The first-order valence-electron chi connectivity index (χ1n) is 6.45. The monoisotopic (exact) mass is 312 g/mol. The van der Waals surface area contributed by atoms with Crippen LogP contribution in [0.2, 0.25) is 0 Å². The highest BCUT2D eigenvalue weighted by atomic mass is 32.1. The topological polar surface area (TPSA) is 77.0 Å². The van der Waals surface area contributed by atoms with E-state index in [0.717, 1.165) is 10.6 Å². The molecule has 0 aliphatic carbocycles. The normalized spacial score (nSPS) is 10.2. The Kier molecular flexibility index (Phi) is 4.06. The molecule has 3 aromatic heterocycles. The average Bonchev–Trinajstić information content (AvgIpc) is 3.04. The molecule has 1 N–H and O–H groups in total. The fraction of sp³-hybridized carbons (Fsp3) is 0.0667. The van der Waals surface area contributed by atoms with Crippen molar-refractivity contribution in [2.75, 3.05) is 12.4 Å². The number of rotatable bonds is 4. The van der Waals surface area contributed by atoms with Crippen molar-refractivity contribution in [2.24, 2.45) is 0 Å². The molecule has 0 bridgehead atoms. The van der Waals surface area contributed by atoms with Crippen LogP contribution in [0.4, 0.5) is 5.13 Å². The van der Waals surface area contributed by atoms with Crippen LogP contribution in [0.15, 0.2) is 48.9 Å². The highest BCUT2D eigenvalue weighted by molar-refractivity contribution is 7.19. The van der Waals surface area contributed by atoms with Crippen LogP contribution in [-0.2, 0) is 0 Å². The van der Waals surface area contributed by atoms with Gasteiger partial charge in [-0.2, -0.15) is 0 Å². The summed E-state index contributed by atoms with van der Waals surface area (Å²) < 4.78 is 5.08. The van der Waals surface area contributed by atoms with E-state index in [0.29, 0.717) is 10.7 Å². The molecule has 22 heavy (non-hydrogen) atoms. The van der Waals surface area contributed by atoms with E-state index in [1.54, 1.807) is 30.7 Å². The zero-order valence-electron chi connectivity index (χ0n) is 11.7. The summed E-state index contributed by atoms with van der Waals surface area (Å²) in [5, 5.41) is 3.24. The highest BCUT2D eigenvalue weighted by Crippen LogP contribution is 2.27. The molecule has 0 aromatic carbocycles. The lowest BCUT2D eigenvalue weighted by Crippen LogP contribution is -2.13. The van der Waals surface area contributed by atoms with E-state index in [1.807, 2.05) is 18.2 Å². The van der Waals surface area contributed by atoms with Gasteiger partial charge in [0.1, 0.15) is 5.56 Å². The number of carbonyl (C=O) groups excluding carboxylic acids is 1. The first-order valence-corrected chi connectivity index (χ1v) is 7.27. The lowest BCUT2D eigenvalue weighted by Gasteiger charge is -2.05. The van der Waals surface area contributed by atoms with Gasteiger partial charge in [0.2, 0.25) is 5.88 Å². The molecule has 0 spiro atoms. The van der Waals surface area contributed by atoms with Gasteiger partial charge in [-0.3, -0.25) is 15.1 Å². The van der Waals surface area contributed by atoms with Crippen LogP contribution in [0.1, 0.15) is 10.4 Å². The molecular formula is C15H12N4O2S. The summed E-state index contributed by atoms with van der Waals surface area (Å²) in [6.45, 7) is 0. The number of methoxy groups -OCH3 is 1. The number of thiazole rings is 1. The minimum Gasteiger partial charge on any atom is -0.480 e. The molecule has 0 saturated heterocycles. The SMILES string of the molecule is COc1ncccc1C(=O)Nc1ncc(-c2ccccn2)s1. The third-order valence-corrected chi connectivity index (χ3v) is 3.79. The van der Waals surface area contributed by atoms with Crippen molar-refractivity contribution >= 4 is 22.4 Å². The van der Waals surface area contributed by atoms with E-state index in [-0.39, 0.29) is 11.8 Å². The number of nitrogens with zero attached hydrogens (tertiary/aromatic N) is 3. The quantitative estimate of drug-likeness (QED) is 0.801. The maximum Gasteiger partial charge on any atom is 0.262 e. The summed E-state index contributed by atoms with van der Waals surface area (Å²) in [5.41, 5.74) is 1.18. The van der Waals surface area contributed by atoms with Gasteiger partial charge >= 0.3 is 0 Å². The fourth-order valence-corrected chi connectivity index (χ4v) is 2.64. The Balaban J connectivity index is 1.79. The van der Waals surface area contributed by atoms with Crippen LogP contribution in [0.3, 0.4) is 0 Å². The van der Waals surface area contributed by atoms with Crippen LogP contribution in [0.25, 0.3) is 10.6 Å². The van der Waals surface area contributed by atoms with E-state index in [4.69, 9.17) is 4.74 Å². The molecule has 0 aliphatic heterocycles. The third kappa shape index (κ3) is 2.94. The molecule has 0 atom stereocenters. The Morgan fingerprint density at radius 2 is 2.00 bits per heavy atom. The lowest BCUT2D eigenvalue weighted by molar-refractivity contribution is 0.102. The predicted octanol–water partition coefficient (Wildman–Crippen LogP) is 2.86. The average molecular weight is 312 g/mol. The largest absolute Gasteiger partial charge is 0.480 e. The first-order chi connectivity index (χ1) is 10.8. The second kappa shape index (κ2) is 6.31. The van der Waals surface area contributed by atoms with Gasteiger partial charge < -0.3 is 4.74 Å². The first kappa shape index (κ1) is 14.2. The molecule has 0 fully saturated rings. The van der Waals surface area contributed by atoms with Crippen LogP contribution >= 0.6 is 11.3 Å². The van der Waals surface area contributed by atoms with E-state index >= 15 is 0 Å². The van der Waals surface area contributed by atoms with Gasteiger partial charge in [-0.25, -0.2) is 9.97 Å². The molecule has 0 aliphatic rings. The van der Waals surface area contributed by atoms with Crippen molar-refractivity contribution in [3.63, 3.8) is 0 Å². The van der Waals surface area contributed by atoms with Crippen molar-refractivity contribution in [1.82, 2.24) is 15.0 Å². The van der Waals surface area contributed by atoms with E-state index in [9.17, 15) is 4.79 Å². The number of carbonyl (C=O) groups is 1. The van der Waals surface area contributed by atoms with Crippen molar-refractivity contribution in [3.8, 4) is 16.5 Å². The molecule has 1 amide bonds. The van der Waals surface area contributed by atoms with Crippen molar-refractivity contribution < 1.29 is 9.53 Å². The van der Waals surface area contributed by atoms with Gasteiger partial charge in [-0.1, -0.05) is 17.4 Å². The van der Waals surface area contributed by atoms with E-state index in [2.05, 4.69) is 20.3 Å². The van der Waals surface area contributed by atoms with Gasteiger partial charge in [0, 0.05) is 18.6 Å². The number of aromatic nitrogens is 3. The van der Waals surface area contributed by atoms with Gasteiger partial charge in [-0.05, 0) is 24.3 Å². The number of pyridine rings is 2. The predicted molar refractivity (Wildman–Crippen MR) is 84.1 cm³/mol. The number of ether oxygens (including phenoxy) is 1. The number of nitrogens with one attached hydrogen (secondary N) is 1. The van der Waals surface area contributed by atoms with Crippen LogP contribution in [0, 0.1) is 0 Å². The Labute approximate surface area is 130 Å². The fourth-order valence-electron chi connectivity index (χ4n) is 1.85. The maximum atomic E-state index is 12.3. The summed E-state index contributed by atoms with van der Waals surface area (Å²) in [5.74, 6) is -0.0339. The standard InChI is InChI=1S/C15H12N4O2S/c1-21-14-10(5-4-8-17-14)13(20)19-15-18-9-12(22-15)11-6-2-3-7-16-11/h2-9H,1H3,(H,18,19,20). The molecule has 110 valence electrons. The van der Waals surface area contributed by atoms with Crippen molar-refractivity contribution in [1.29, 1.82) is 0 Å². The van der Waals surface area contributed by atoms with Crippen LogP contribution < -0.4 is 10.1 Å². The Bertz CT molecular complexity index is 789. The molecular weight excluding hydrogens is 300 g/mol. The smallest absolute Gasteiger partial charge is 0.262 e. The van der Waals surface area contributed by atoms with Gasteiger partial charge in [0.05, 0.1) is 17.7 Å². The zero-order chi connectivity index (χ0) is 15.4. The molecule has 6 nitrogen and oxygen atoms in total. The molecule has 0 unspecified atom stereocenters. The molecule has 3 rings (SSSR count). The number of hydrogen-bond donors (Lipinski definition) is 1. The molecule has 3 heterocycles. The Morgan fingerprint density at radius 3 is 2.77 bits per heavy atom. The van der Waals surface area contributed by atoms with E-state index in [1.165, 1.54) is 18.4 Å². The van der Waals surface area contributed by atoms with Crippen LogP contribution in [-0.4, -0.2) is 28.0 Å². The Hall–Kier alpha value is -2.80. The number of amides is 1. The van der Waals surface area contributed by atoms with Crippen LogP contribution in [0.5, 0.6) is 5.88 Å². The Morgan fingerprint density at radius 1 is 1.14 bits per heavy atom. The number of hydrogen-bond acceptors (Lipinski definition) is 6. The molecule has 3 aromatic rings. The summed E-state index contributed by atoms with van der Waals surface area (Å²) >= 11 is 1.36. The van der Waals surface area contributed by atoms with Crippen molar-refractivity contribution in [2.45, 2.75) is 0 Å². The molecule has 7 heteroatoms. The minimum atomic E-state index is -0.313. The summed E-state index contributed by atoms with van der Waals surface area (Å²) in [7, 11) is 1.47. The second-order valence-corrected chi connectivity index (χ2v) is 5.29. The maximum absolute atomic E-state index is 12.3. The second-order valence-electron chi connectivity index (χ2n) is 4.26. The minimum absolute atomic E-state index is 0.279. The number of anilines is 1. The lowest BCUT2D eigenvalue weighted by atomic mass is 10.2. The highest BCUT2D eigenvalue weighted by Gasteiger charge is 2.15.